The fraction of sp³-hybridized carbons (Fsp3) is 0.367. The van der Waals surface area contributed by atoms with Crippen molar-refractivity contribution in [3.8, 4) is 28.4 Å². The van der Waals surface area contributed by atoms with Crippen molar-refractivity contribution in [2.24, 2.45) is 5.41 Å². The zero-order chi connectivity index (χ0) is 29.3. The minimum Gasteiger partial charge on any atom is -0.494 e. The monoisotopic (exact) mass is 578 g/mol. The van der Waals surface area contributed by atoms with Crippen molar-refractivity contribution in [3.05, 3.63) is 77.4 Å². The van der Waals surface area contributed by atoms with Crippen LogP contribution in [0.5, 0.6) is 17.2 Å². The van der Waals surface area contributed by atoms with Crippen LogP contribution in [-0.2, 0) is 15.4 Å². The van der Waals surface area contributed by atoms with E-state index in [2.05, 4.69) is 11.7 Å². The van der Waals surface area contributed by atoms with Crippen molar-refractivity contribution in [2.75, 3.05) is 33.0 Å². The first-order chi connectivity index (χ1) is 19.4. The molecular formula is C30H27F5O6. The minimum atomic E-state index is -5.01. The van der Waals surface area contributed by atoms with Gasteiger partial charge in [-0.1, -0.05) is 19.1 Å². The van der Waals surface area contributed by atoms with Crippen molar-refractivity contribution in [2.45, 2.75) is 32.1 Å². The quantitative estimate of drug-likeness (QED) is 0.104. The average molecular weight is 579 g/mol. The maximum absolute atomic E-state index is 15.2. The SMILES string of the molecule is CC1(COCCCCOc2ccc(C(=O)Oc3ccc4c(c3)C(F)(F)c3cc(OC(F)(F)F)ccc3-4)cc2)COC1. The summed E-state index contributed by atoms with van der Waals surface area (Å²) in [6, 6.07) is 12.7. The molecule has 0 atom stereocenters. The Labute approximate surface area is 232 Å². The second kappa shape index (κ2) is 11.3. The summed E-state index contributed by atoms with van der Waals surface area (Å²) in [7, 11) is 0. The molecule has 6 nitrogen and oxygen atoms in total. The van der Waals surface area contributed by atoms with Crippen LogP contribution < -0.4 is 14.2 Å². The van der Waals surface area contributed by atoms with Gasteiger partial charge in [0.25, 0.3) is 5.92 Å². The number of hydrogen-bond acceptors (Lipinski definition) is 6. The maximum Gasteiger partial charge on any atom is 0.573 e. The number of rotatable bonds is 11. The first-order valence-electron chi connectivity index (χ1n) is 13.0. The van der Waals surface area contributed by atoms with Crippen molar-refractivity contribution in [1.29, 1.82) is 0 Å². The number of ether oxygens (including phenoxy) is 5. The Morgan fingerprint density at radius 3 is 2.05 bits per heavy atom. The van der Waals surface area contributed by atoms with E-state index in [4.69, 9.17) is 18.9 Å². The Bertz CT molecular complexity index is 1400. The van der Waals surface area contributed by atoms with Crippen LogP contribution in [0, 0.1) is 5.41 Å². The molecule has 218 valence electrons. The van der Waals surface area contributed by atoms with Gasteiger partial charge in [-0.3, -0.25) is 0 Å². The molecule has 5 rings (SSSR count). The second-order valence-corrected chi connectivity index (χ2v) is 10.4. The van der Waals surface area contributed by atoms with E-state index in [-0.39, 0.29) is 27.9 Å². The molecule has 0 saturated carbocycles. The van der Waals surface area contributed by atoms with Crippen LogP contribution in [0.25, 0.3) is 11.1 Å². The lowest BCUT2D eigenvalue weighted by Crippen LogP contribution is -2.43. The molecule has 0 unspecified atom stereocenters. The Balaban J connectivity index is 1.14. The number of hydrogen-bond donors (Lipinski definition) is 0. The molecule has 0 bridgehead atoms. The van der Waals surface area contributed by atoms with Crippen LogP contribution in [0.15, 0.2) is 60.7 Å². The van der Waals surface area contributed by atoms with Gasteiger partial charge in [0, 0.05) is 23.1 Å². The van der Waals surface area contributed by atoms with Gasteiger partial charge in [0.2, 0.25) is 0 Å². The zero-order valence-corrected chi connectivity index (χ0v) is 22.1. The highest BCUT2D eigenvalue weighted by Crippen LogP contribution is 2.53. The number of unbranched alkanes of at least 4 members (excludes halogenated alkanes) is 1. The molecular weight excluding hydrogens is 551 g/mol. The molecule has 0 spiro atoms. The first-order valence-corrected chi connectivity index (χ1v) is 13.0. The Hall–Kier alpha value is -3.70. The third-order valence-electron chi connectivity index (χ3n) is 6.79. The molecule has 1 aliphatic carbocycles. The van der Waals surface area contributed by atoms with Crippen LogP contribution in [0.1, 0.15) is 41.3 Å². The van der Waals surface area contributed by atoms with E-state index in [1.54, 1.807) is 12.1 Å². The van der Waals surface area contributed by atoms with E-state index in [0.717, 1.165) is 44.3 Å². The van der Waals surface area contributed by atoms with Crippen molar-refractivity contribution in [1.82, 2.24) is 0 Å². The van der Waals surface area contributed by atoms with Crippen LogP contribution >= 0.6 is 0 Å². The number of alkyl halides is 5. The third kappa shape index (κ3) is 6.62. The fourth-order valence-corrected chi connectivity index (χ4v) is 4.64. The summed E-state index contributed by atoms with van der Waals surface area (Å²) in [5.74, 6) is -4.70. The van der Waals surface area contributed by atoms with Crippen LogP contribution in [0.2, 0.25) is 0 Å². The number of carbonyl (C=O) groups is 1. The Morgan fingerprint density at radius 2 is 1.44 bits per heavy atom. The van der Waals surface area contributed by atoms with E-state index >= 15 is 8.78 Å². The van der Waals surface area contributed by atoms with Crippen molar-refractivity contribution < 1.29 is 50.4 Å². The lowest BCUT2D eigenvalue weighted by molar-refractivity contribution is -0.274. The van der Waals surface area contributed by atoms with Gasteiger partial charge in [-0.25, -0.2) is 4.79 Å². The topological polar surface area (TPSA) is 63.2 Å². The highest BCUT2D eigenvalue weighted by molar-refractivity contribution is 5.91. The van der Waals surface area contributed by atoms with Gasteiger partial charge < -0.3 is 23.7 Å². The van der Waals surface area contributed by atoms with Gasteiger partial charge in [0.05, 0.1) is 32.0 Å². The molecule has 1 saturated heterocycles. The molecule has 0 N–H and O–H groups in total. The lowest BCUT2D eigenvalue weighted by Gasteiger charge is -2.37. The molecule has 1 heterocycles. The second-order valence-electron chi connectivity index (χ2n) is 10.4. The lowest BCUT2D eigenvalue weighted by atomic mass is 9.90. The van der Waals surface area contributed by atoms with E-state index in [0.29, 0.717) is 31.6 Å². The van der Waals surface area contributed by atoms with Gasteiger partial charge in [-0.2, -0.15) is 8.78 Å². The van der Waals surface area contributed by atoms with Crippen LogP contribution in [0.4, 0.5) is 22.0 Å². The molecule has 0 amide bonds. The Morgan fingerprint density at radius 1 is 0.854 bits per heavy atom. The fourth-order valence-electron chi connectivity index (χ4n) is 4.64. The molecule has 1 fully saturated rings. The van der Waals surface area contributed by atoms with Gasteiger partial charge >= 0.3 is 12.3 Å². The largest absolute Gasteiger partial charge is 0.573 e. The summed E-state index contributed by atoms with van der Waals surface area (Å²) < 4.78 is 93.7. The average Bonchev–Trinajstić information content (AvgIpc) is 3.12. The van der Waals surface area contributed by atoms with E-state index < -0.39 is 35.1 Å². The maximum atomic E-state index is 15.2. The first kappa shape index (κ1) is 28.8. The molecule has 11 heteroatoms. The smallest absolute Gasteiger partial charge is 0.494 e. The van der Waals surface area contributed by atoms with Crippen LogP contribution in [-0.4, -0.2) is 45.4 Å². The van der Waals surface area contributed by atoms with Gasteiger partial charge in [0.15, 0.2) is 0 Å². The van der Waals surface area contributed by atoms with E-state index in [9.17, 15) is 18.0 Å². The van der Waals surface area contributed by atoms with Gasteiger partial charge in [0.1, 0.15) is 17.2 Å². The summed E-state index contributed by atoms with van der Waals surface area (Å²) in [5, 5.41) is 0. The Kier molecular flexibility index (Phi) is 7.93. The molecule has 41 heavy (non-hydrogen) atoms. The highest BCUT2D eigenvalue weighted by Gasteiger charge is 2.45. The third-order valence-corrected chi connectivity index (χ3v) is 6.79. The van der Waals surface area contributed by atoms with Crippen LogP contribution in [0.3, 0.4) is 0 Å². The summed E-state index contributed by atoms with van der Waals surface area (Å²) in [5.41, 5.74) is -0.609. The zero-order valence-electron chi connectivity index (χ0n) is 22.1. The predicted molar refractivity (Wildman–Crippen MR) is 137 cm³/mol. The molecule has 1 aliphatic heterocycles. The molecule has 2 aliphatic rings. The number of esters is 1. The standard InChI is InChI=1S/C30H27F5O6/c1-28(17-38-18-28)16-37-12-2-3-13-39-20-6-4-19(5-7-20)27(36)40-21-8-10-23-24-11-9-22(41-30(33,34)35)15-26(24)29(31,32)25(23)14-21/h4-11,14-15H,2-3,12-13,16-18H2,1H3. The summed E-state index contributed by atoms with van der Waals surface area (Å²) in [6.07, 6.45) is -3.38. The summed E-state index contributed by atoms with van der Waals surface area (Å²) in [4.78, 5) is 12.6. The normalized spacial score (nSPS) is 16.3. The summed E-state index contributed by atoms with van der Waals surface area (Å²) in [6.45, 7) is 5.37. The van der Waals surface area contributed by atoms with E-state index in [1.165, 1.54) is 24.3 Å². The van der Waals surface area contributed by atoms with Crippen molar-refractivity contribution in [3.63, 3.8) is 0 Å². The van der Waals surface area contributed by atoms with Crippen molar-refractivity contribution >= 4 is 5.97 Å². The molecule has 0 aromatic heterocycles. The molecule has 3 aromatic rings. The predicted octanol–water partition coefficient (Wildman–Crippen LogP) is 7.14. The molecule has 0 radical (unpaired) electrons. The minimum absolute atomic E-state index is 0.0682. The number of halogens is 5. The molecule has 3 aromatic carbocycles. The summed E-state index contributed by atoms with van der Waals surface area (Å²) >= 11 is 0. The number of carbonyl (C=O) groups excluding carboxylic acids is 1. The number of fused-ring (bicyclic) bond motifs is 3. The van der Waals surface area contributed by atoms with E-state index in [1.807, 2.05) is 0 Å². The highest BCUT2D eigenvalue weighted by atomic mass is 19.4. The van der Waals surface area contributed by atoms with Gasteiger partial charge in [-0.15, -0.1) is 13.2 Å². The van der Waals surface area contributed by atoms with Gasteiger partial charge in [-0.05, 0) is 72.5 Å². The number of benzene rings is 3.